The van der Waals surface area contributed by atoms with E-state index in [0.717, 1.165) is 0 Å². The number of nitrogens with zero attached hydrogens (tertiary/aromatic N) is 1. The summed E-state index contributed by atoms with van der Waals surface area (Å²) in [6.45, 7) is 6.04. The number of alkyl carbamates (subject to hydrolysis) is 1. The van der Waals surface area contributed by atoms with Crippen molar-refractivity contribution in [2.24, 2.45) is 0 Å². The third kappa shape index (κ3) is 8.03. The number of carbonyl (C=O) groups excluding carboxylic acids is 3. The molecule has 3 N–H and O–H groups in total. The van der Waals surface area contributed by atoms with Gasteiger partial charge in [0.25, 0.3) is 5.91 Å². The molecule has 192 valence electrons. The Bertz CT molecular complexity index is 1080. The summed E-state index contributed by atoms with van der Waals surface area (Å²) >= 11 is 0. The molecule has 2 aromatic rings. The number of anilines is 1. The van der Waals surface area contributed by atoms with Gasteiger partial charge in [0.2, 0.25) is 5.91 Å². The summed E-state index contributed by atoms with van der Waals surface area (Å²) in [5, 5.41) is 15.0. The van der Waals surface area contributed by atoms with Crippen LogP contribution in [-0.4, -0.2) is 59.8 Å². The van der Waals surface area contributed by atoms with E-state index in [4.69, 9.17) is 15.9 Å². The highest BCUT2D eigenvalue weighted by Gasteiger charge is 2.34. The number of rotatable bonds is 9. The van der Waals surface area contributed by atoms with E-state index in [0.29, 0.717) is 22.6 Å². The minimum absolute atomic E-state index is 0.156. The molecular weight excluding hydrogens is 462 g/mol. The van der Waals surface area contributed by atoms with Gasteiger partial charge in [0.05, 0.1) is 13.7 Å². The fourth-order valence-electron chi connectivity index (χ4n) is 3.39. The topological polar surface area (TPSA) is 117 Å². The number of nitrogens with one attached hydrogen (secondary N) is 2. The molecule has 2 unspecified atom stereocenters. The Morgan fingerprint density at radius 1 is 1.08 bits per heavy atom. The summed E-state index contributed by atoms with van der Waals surface area (Å²) < 4.78 is 10.4. The lowest BCUT2D eigenvalue weighted by atomic mass is 10.0. The number of ether oxygens (including phenoxy) is 2. The van der Waals surface area contributed by atoms with Gasteiger partial charge in [-0.1, -0.05) is 18.1 Å². The Kier molecular flexibility index (Phi) is 9.88. The van der Waals surface area contributed by atoms with Gasteiger partial charge in [0.15, 0.2) is 0 Å². The van der Waals surface area contributed by atoms with Crippen molar-refractivity contribution in [2.45, 2.75) is 45.4 Å². The highest BCUT2D eigenvalue weighted by molar-refractivity contribution is 5.99. The molecule has 36 heavy (non-hydrogen) atoms. The number of hydrogen-bond acceptors (Lipinski definition) is 6. The minimum atomic E-state index is -1.12. The predicted molar refractivity (Wildman–Crippen MR) is 136 cm³/mol. The monoisotopic (exact) mass is 495 g/mol. The van der Waals surface area contributed by atoms with Crippen LogP contribution in [0.15, 0.2) is 48.5 Å². The second-order valence-electron chi connectivity index (χ2n) is 9.01. The van der Waals surface area contributed by atoms with Crippen LogP contribution < -0.4 is 15.4 Å². The normalized spacial score (nSPS) is 12.5. The first-order chi connectivity index (χ1) is 17.0. The number of aliphatic hydroxyl groups excluding tert-OH is 1. The molecule has 2 atom stereocenters. The largest absolute Gasteiger partial charge is 0.497 e. The van der Waals surface area contributed by atoms with E-state index in [9.17, 15) is 19.5 Å². The lowest BCUT2D eigenvalue weighted by molar-refractivity contribution is -0.141. The summed E-state index contributed by atoms with van der Waals surface area (Å²) in [6.07, 6.45) is 4.68. The second-order valence-corrected chi connectivity index (χ2v) is 9.01. The van der Waals surface area contributed by atoms with Gasteiger partial charge in [-0.3, -0.25) is 9.59 Å². The molecule has 9 nitrogen and oxygen atoms in total. The van der Waals surface area contributed by atoms with Crippen molar-refractivity contribution in [1.82, 2.24) is 10.2 Å². The molecule has 0 radical (unpaired) electrons. The molecule has 0 fully saturated rings. The van der Waals surface area contributed by atoms with Crippen LogP contribution in [0.1, 0.15) is 44.9 Å². The predicted octanol–water partition coefficient (Wildman–Crippen LogP) is 3.09. The van der Waals surface area contributed by atoms with E-state index in [1.807, 2.05) is 0 Å². The summed E-state index contributed by atoms with van der Waals surface area (Å²) in [5.41, 5.74) is 0.818. The number of carbonyl (C=O) groups is 3. The van der Waals surface area contributed by atoms with Crippen LogP contribution in [0.3, 0.4) is 0 Å². The number of benzene rings is 2. The van der Waals surface area contributed by atoms with Crippen LogP contribution in [0.5, 0.6) is 5.75 Å². The van der Waals surface area contributed by atoms with E-state index >= 15 is 0 Å². The zero-order valence-electron chi connectivity index (χ0n) is 21.2. The van der Waals surface area contributed by atoms with Crippen molar-refractivity contribution in [3.05, 3.63) is 59.7 Å². The van der Waals surface area contributed by atoms with Gasteiger partial charge < -0.3 is 30.1 Å². The molecule has 0 aliphatic carbocycles. The summed E-state index contributed by atoms with van der Waals surface area (Å²) in [7, 11) is 1.54. The maximum Gasteiger partial charge on any atom is 0.408 e. The molecule has 0 aromatic heterocycles. The number of hydrogen-bond donors (Lipinski definition) is 3. The molecule has 0 bridgehead atoms. The summed E-state index contributed by atoms with van der Waals surface area (Å²) in [5.74, 6) is 2.04. The van der Waals surface area contributed by atoms with Crippen molar-refractivity contribution in [3.63, 3.8) is 0 Å². The van der Waals surface area contributed by atoms with Crippen molar-refractivity contribution >= 4 is 23.6 Å². The molecular formula is C27H33N3O6. The van der Waals surface area contributed by atoms with E-state index < -0.39 is 42.2 Å². The molecule has 2 aromatic carbocycles. The van der Waals surface area contributed by atoms with Crippen molar-refractivity contribution in [2.75, 3.05) is 25.6 Å². The van der Waals surface area contributed by atoms with Crippen molar-refractivity contribution in [3.8, 4) is 18.1 Å². The molecule has 0 aliphatic heterocycles. The fourth-order valence-corrected chi connectivity index (χ4v) is 3.39. The molecule has 0 spiro atoms. The highest BCUT2D eigenvalue weighted by Crippen LogP contribution is 2.25. The quantitative estimate of drug-likeness (QED) is 0.460. The van der Waals surface area contributed by atoms with Gasteiger partial charge in [0.1, 0.15) is 23.4 Å². The average Bonchev–Trinajstić information content (AvgIpc) is 2.82. The van der Waals surface area contributed by atoms with Crippen LogP contribution in [0.2, 0.25) is 0 Å². The second kappa shape index (κ2) is 12.6. The zero-order valence-corrected chi connectivity index (χ0v) is 21.2. The van der Waals surface area contributed by atoms with Crippen LogP contribution in [0.25, 0.3) is 0 Å². The van der Waals surface area contributed by atoms with Gasteiger partial charge in [-0.15, -0.1) is 6.42 Å². The molecule has 3 amide bonds. The SMILES string of the molecule is C#Cc1ccc(C(C(=O)Nc2ccc(OC)cc2)N(CCO)C(=O)C(C)NC(=O)OC(C)(C)C)cc1. The maximum absolute atomic E-state index is 13.5. The molecule has 0 aliphatic rings. The van der Waals surface area contributed by atoms with E-state index in [-0.39, 0.29) is 6.54 Å². The van der Waals surface area contributed by atoms with Gasteiger partial charge in [-0.2, -0.15) is 0 Å². The van der Waals surface area contributed by atoms with Crippen molar-refractivity contribution < 1.29 is 29.0 Å². The molecule has 2 rings (SSSR count). The number of aliphatic hydroxyl groups is 1. The third-order valence-corrected chi connectivity index (χ3v) is 5.04. The Morgan fingerprint density at radius 3 is 2.19 bits per heavy atom. The third-order valence-electron chi connectivity index (χ3n) is 5.04. The number of methoxy groups -OCH3 is 1. The first-order valence-electron chi connectivity index (χ1n) is 11.4. The maximum atomic E-state index is 13.5. The van der Waals surface area contributed by atoms with Crippen LogP contribution in [-0.2, 0) is 14.3 Å². The van der Waals surface area contributed by atoms with Gasteiger partial charge >= 0.3 is 6.09 Å². The molecule has 9 heteroatoms. The first-order valence-corrected chi connectivity index (χ1v) is 11.4. The zero-order chi connectivity index (χ0) is 26.9. The first kappa shape index (κ1) is 28.2. The Balaban J connectivity index is 2.39. The smallest absolute Gasteiger partial charge is 0.408 e. The van der Waals surface area contributed by atoms with Gasteiger partial charge in [-0.05, 0) is 69.7 Å². The average molecular weight is 496 g/mol. The lowest BCUT2D eigenvalue weighted by Gasteiger charge is -2.33. The molecule has 0 saturated carbocycles. The van der Waals surface area contributed by atoms with Crippen molar-refractivity contribution in [1.29, 1.82) is 0 Å². The van der Waals surface area contributed by atoms with Crippen LogP contribution in [0.4, 0.5) is 10.5 Å². The fraction of sp³-hybridized carbons (Fsp3) is 0.370. The number of terminal acetylenes is 1. The van der Waals surface area contributed by atoms with Gasteiger partial charge in [0, 0.05) is 17.8 Å². The lowest BCUT2D eigenvalue weighted by Crippen LogP contribution is -2.51. The minimum Gasteiger partial charge on any atom is -0.497 e. The molecule has 0 saturated heterocycles. The van der Waals surface area contributed by atoms with Crippen LogP contribution >= 0.6 is 0 Å². The summed E-state index contributed by atoms with van der Waals surface area (Å²) in [6, 6.07) is 11.2. The number of amides is 3. The van der Waals surface area contributed by atoms with E-state index in [1.54, 1.807) is 69.3 Å². The van der Waals surface area contributed by atoms with E-state index in [1.165, 1.54) is 18.9 Å². The van der Waals surface area contributed by atoms with E-state index in [2.05, 4.69) is 16.6 Å². The van der Waals surface area contributed by atoms with Gasteiger partial charge in [-0.25, -0.2) is 4.79 Å². The molecule has 0 heterocycles. The Hall–Kier alpha value is -4.03. The highest BCUT2D eigenvalue weighted by atomic mass is 16.6. The standard InChI is InChI=1S/C27H33N3O6/c1-7-19-8-10-20(11-9-19)23(24(32)29-21-12-14-22(35-6)15-13-21)30(16-17-31)25(33)18(2)28-26(34)36-27(3,4)5/h1,8-15,18,23,31H,16-17H2,2-6H3,(H,28,34)(H,29,32). The Morgan fingerprint density at radius 2 is 1.69 bits per heavy atom. The van der Waals surface area contributed by atoms with Crippen LogP contribution in [0, 0.1) is 12.3 Å². The summed E-state index contributed by atoms with van der Waals surface area (Å²) in [4.78, 5) is 40.4. The Labute approximate surface area is 211 Å².